The van der Waals surface area contributed by atoms with Crippen LogP contribution in [0.2, 0.25) is 0 Å². The molecule has 6 nitrogen and oxygen atoms in total. The summed E-state index contributed by atoms with van der Waals surface area (Å²) in [6.45, 7) is 10.7. The molecule has 0 radical (unpaired) electrons. The number of rotatable bonds is 9. The average Bonchev–Trinajstić information content (AvgIpc) is 3.00. The molecule has 1 aliphatic heterocycles. The largest absolute Gasteiger partial charge is 0.481 e. The van der Waals surface area contributed by atoms with Crippen LogP contribution in [-0.4, -0.2) is 55.6 Å². The Hall–Kier alpha value is -2.47. The van der Waals surface area contributed by atoms with E-state index in [1.165, 1.54) is 17.8 Å². The summed E-state index contributed by atoms with van der Waals surface area (Å²) in [4.78, 5) is 16.3. The Balaban J connectivity index is 1.82. The third-order valence-electron chi connectivity index (χ3n) is 5.46. The van der Waals surface area contributed by atoms with Crippen molar-refractivity contribution in [2.45, 2.75) is 43.4 Å². The lowest BCUT2D eigenvalue weighted by atomic mass is 9.96. The van der Waals surface area contributed by atoms with Crippen LogP contribution in [0.5, 0.6) is 5.75 Å². The summed E-state index contributed by atoms with van der Waals surface area (Å²) in [7, 11) is -3.96. The third kappa shape index (κ3) is 5.72. The van der Waals surface area contributed by atoms with Crippen molar-refractivity contribution in [3.05, 3.63) is 53.6 Å². The number of hydrogen-bond donors (Lipinski definition) is 0. The molecule has 0 bridgehead atoms. The van der Waals surface area contributed by atoms with Gasteiger partial charge in [-0.2, -0.15) is 0 Å². The van der Waals surface area contributed by atoms with E-state index in [0.29, 0.717) is 17.9 Å². The summed E-state index contributed by atoms with van der Waals surface area (Å²) < 4.78 is 33.3. The van der Waals surface area contributed by atoms with Crippen molar-refractivity contribution in [3.63, 3.8) is 0 Å². The van der Waals surface area contributed by atoms with E-state index in [4.69, 9.17) is 4.74 Å². The van der Waals surface area contributed by atoms with Crippen molar-refractivity contribution in [1.29, 1.82) is 0 Å². The zero-order valence-corrected chi connectivity index (χ0v) is 21.1. The Morgan fingerprint density at radius 2 is 1.79 bits per heavy atom. The Morgan fingerprint density at radius 3 is 2.42 bits per heavy atom. The van der Waals surface area contributed by atoms with Crippen LogP contribution < -0.4 is 4.74 Å². The maximum Gasteiger partial charge on any atom is 0.270 e. The molecule has 0 unspecified atom stereocenters. The van der Waals surface area contributed by atoms with E-state index in [-0.39, 0.29) is 28.9 Å². The highest BCUT2D eigenvalue weighted by atomic mass is 32.2. The molecule has 3 rings (SSSR count). The van der Waals surface area contributed by atoms with E-state index in [0.717, 1.165) is 22.3 Å². The lowest BCUT2D eigenvalue weighted by molar-refractivity contribution is 0.0885. The maximum absolute atomic E-state index is 13.3. The summed E-state index contributed by atoms with van der Waals surface area (Å²) >= 11 is 1.31. The van der Waals surface area contributed by atoms with E-state index in [9.17, 15) is 13.2 Å². The van der Waals surface area contributed by atoms with Gasteiger partial charge in [0.1, 0.15) is 17.3 Å². The third-order valence-corrected chi connectivity index (χ3v) is 8.37. The molecule has 2 aromatic rings. The highest BCUT2D eigenvalue weighted by Gasteiger charge is 2.43. The molecule has 0 spiro atoms. The number of fused-ring (bicyclic) bond motifs is 1. The summed E-state index contributed by atoms with van der Waals surface area (Å²) in [5.41, 5.74) is 0.915. The first-order valence-electron chi connectivity index (χ1n) is 11.0. The van der Waals surface area contributed by atoms with Crippen molar-refractivity contribution >= 4 is 27.7 Å². The predicted molar refractivity (Wildman–Crippen MR) is 132 cm³/mol. The minimum Gasteiger partial charge on any atom is -0.481 e. The second-order valence-electron chi connectivity index (χ2n) is 7.89. The van der Waals surface area contributed by atoms with E-state index in [2.05, 4.69) is 30.6 Å². The standard InChI is InChI=1S/C25H30N2O4S2/c1-5-26(6-2)14-10-11-15-31-20-16-22(19(3)4)24-23(17-20)33(29,30)27(25(24)28)18-32-21-12-8-7-9-13-21/h7-9,12-13,16-17,19H,5-6,14-15,18H2,1-4H3. The van der Waals surface area contributed by atoms with E-state index < -0.39 is 15.9 Å². The second kappa shape index (κ2) is 11.1. The van der Waals surface area contributed by atoms with Crippen LogP contribution >= 0.6 is 11.8 Å². The molecule has 0 saturated carbocycles. The minimum atomic E-state index is -3.96. The summed E-state index contributed by atoms with van der Waals surface area (Å²) in [5, 5.41) is 0. The van der Waals surface area contributed by atoms with Crippen molar-refractivity contribution < 1.29 is 17.9 Å². The first kappa shape index (κ1) is 25.2. The van der Waals surface area contributed by atoms with Gasteiger partial charge in [-0.05, 0) is 42.8 Å². The fourth-order valence-corrected chi connectivity index (χ4v) is 6.22. The van der Waals surface area contributed by atoms with Crippen molar-refractivity contribution in [2.75, 3.05) is 32.1 Å². The van der Waals surface area contributed by atoms with Gasteiger partial charge in [0, 0.05) is 11.0 Å². The highest BCUT2D eigenvalue weighted by molar-refractivity contribution is 8.00. The molecule has 0 aliphatic carbocycles. The number of ether oxygens (including phenoxy) is 1. The number of hydrogen-bond acceptors (Lipinski definition) is 6. The quantitative estimate of drug-likeness (QED) is 0.386. The summed E-state index contributed by atoms with van der Waals surface area (Å²) in [6, 6.07) is 12.6. The molecule has 1 heterocycles. The van der Waals surface area contributed by atoms with Gasteiger partial charge in [-0.25, -0.2) is 12.7 Å². The molecule has 2 aromatic carbocycles. The smallest absolute Gasteiger partial charge is 0.270 e. The number of sulfonamides is 1. The van der Waals surface area contributed by atoms with Crippen LogP contribution in [0.4, 0.5) is 0 Å². The van der Waals surface area contributed by atoms with Gasteiger partial charge in [-0.15, -0.1) is 11.8 Å². The van der Waals surface area contributed by atoms with Crippen LogP contribution in [0, 0.1) is 11.8 Å². The molecular formula is C25H30N2O4S2. The lowest BCUT2D eigenvalue weighted by Gasteiger charge is -2.14. The molecule has 0 saturated heterocycles. The monoisotopic (exact) mass is 486 g/mol. The van der Waals surface area contributed by atoms with Crippen LogP contribution in [-0.2, 0) is 10.0 Å². The Labute approximate surface area is 201 Å². The average molecular weight is 487 g/mol. The number of nitrogens with zero attached hydrogens (tertiary/aromatic N) is 2. The van der Waals surface area contributed by atoms with E-state index in [1.54, 1.807) is 6.07 Å². The molecule has 0 atom stereocenters. The molecule has 0 aromatic heterocycles. The normalized spacial score (nSPS) is 14.4. The number of carbonyl (C=O) groups is 1. The fourth-order valence-electron chi connectivity index (χ4n) is 3.50. The molecule has 1 aliphatic rings. The minimum absolute atomic E-state index is 0.0125. The number of amides is 1. The van der Waals surface area contributed by atoms with Crippen molar-refractivity contribution in [3.8, 4) is 17.6 Å². The molecule has 0 N–H and O–H groups in total. The van der Waals surface area contributed by atoms with Gasteiger partial charge in [-0.3, -0.25) is 9.69 Å². The topological polar surface area (TPSA) is 66.9 Å². The van der Waals surface area contributed by atoms with E-state index >= 15 is 0 Å². The predicted octanol–water partition coefficient (Wildman–Crippen LogP) is 4.43. The Kier molecular flexibility index (Phi) is 8.46. The number of carbonyl (C=O) groups excluding carboxylic acids is 1. The lowest BCUT2D eigenvalue weighted by Crippen LogP contribution is -2.29. The van der Waals surface area contributed by atoms with Gasteiger partial charge in [0.2, 0.25) is 0 Å². The molecule has 33 heavy (non-hydrogen) atoms. The van der Waals surface area contributed by atoms with Gasteiger partial charge in [0.15, 0.2) is 0 Å². The first-order chi connectivity index (χ1) is 15.8. The molecule has 176 valence electrons. The van der Waals surface area contributed by atoms with E-state index in [1.807, 2.05) is 44.2 Å². The SMILES string of the molecule is CCN(CC)CC#CCOc1cc(C(C)C)c2c(c1)S(=O)(=O)N(CSc1ccccc1)C2=O. The Bertz CT molecular complexity index is 1150. The Morgan fingerprint density at radius 1 is 1.09 bits per heavy atom. The van der Waals surface area contributed by atoms with Crippen molar-refractivity contribution in [2.24, 2.45) is 0 Å². The van der Waals surface area contributed by atoms with Gasteiger partial charge in [0.05, 0.1) is 18.0 Å². The van der Waals surface area contributed by atoms with Gasteiger partial charge >= 0.3 is 0 Å². The van der Waals surface area contributed by atoms with Crippen LogP contribution in [0.1, 0.15) is 49.5 Å². The van der Waals surface area contributed by atoms with Gasteiger partial charge in [-0.1, -0.05) is 57.7 Å². The van der Waals surface area contributed by atoms with Crippen LogP contribution in [0.3, 0.4) is 0 Å². The van der Waals surface area contributed by atoms with Crippen LogP contribution in [0.25, 0.3) is 0 Å². The number of thioether (sulfide) groups is 1. The zero-order chi connectivity index (χ0) is 24.0. The second-order valence-corrected chi connectivity index (χ2v) is 10.7. The van der Waals surface area contributed by atoms with Gasteiger partial charge in [0.25, 0.3) is 15.9 Å². The number of benzene rings is 2. The first-order valence-corrected chi connectivity index (χ1v) is 13.5. The maximum atomic E-state index is 13.3. The summed E-state index contributed by atoms with van der Waals surface area (Å²) in [5.74, 6) is 5.96. The fraction of sp³-hybridized carbons (Fsp3) is 0.400. The van der Waals surface area contributed by atoms with Crippen molar-refractivity contribution in [1.82, 2.24) is 9.21 Å². The van der Waals surface area contributed by atoms with Crippen LogP contribution in [0.15, 0.2) is 52.3 Å². The molecule has 1 amide bonds. The highest BCUT2D eigenvalue weighted by Crippen LogP contribution is 2.39. The molecular weight excluding hydrogens is 456 g/mol. The zero-order valence-electron chi connectivity index (χ0n) is 19.5. The summed E-state index contributed by atoms with van der Waals surface area (Å²) in [6.07, 6.45) is 0. The molecule has 0 fully saturated rings. The molecule has 8 heteroatoms. The van der Waals surface area contributed by atoms with Gasteiger partial charge < -0.3 is 4.74 Å².